The van der Waals surface area contributed by atoms with E-state index in [1.807, 2.05) is 6.92 Å². The summed E-state index contributed by atoms with van der Waals surface area (Å²) < 4.78 is 10.9. The number of hydrogen-bond donors (Lipinski definition) is 1. The van der Waals surface area contributed by atoms with E-state index < -0.39 is 0 Å². The first-order chi connectivity index (χ1) is 6.18. The molecular weight excluding hydrogens is 190 g/mol. The molecule has 0 bridgehead atoms. The Morgan fingerprint density at radius 2 is 2.46 bits per heavy atom. The molecule has 1 saturated heterocycles. The molecule has 0 amide bonds. The molecule has 0 saturated carbocycles. The monoisotopic (exact) mass is 205 g/mol. The second-order valence-corrected chi connectivity index (χ2v) is 3.79. The summed E-state index contributed by atoms with van der Waals surface area (Å²) in [7, 11) is 0. The van der Waals surface area contributed by atoms with Crippen molar-refractivity contribution in [1.82, 2.24) is 5.32 Å². The minimum Gasteiger partial charge on any atom is -0.373 e. The Morgan fingerprint density at radius 1 is 1.69 bits per heavy atom. The van der Waals surface area contributed by atoms with Gasteiger partial charge in [0.25, 0.3) is 0 Å². The maximum absolute atomic E-state index is 5.61. The van der Waals surface area contributed by atoms with Gasteiger partial charge in [-0.05, 0) is 6.92 Å². The Kier molecular flexibility index (Phi) is 4.73. The molecule has 3 nitrogen and oxygen atoms in total. The van der Waals surface area contributed by atoms with E-state index in [1.54, 1.807) is 0 Å². The van der Waals surface area contributed by atoms with Crippen molar-refractivity contribution >= 4 is 11.6 Å². The van der Waals surface area contributed by atoms with Gasteiger partial charge in [0.05, 0.1) is 25.4 Å². The molecule has 0 aromatic carbocycles. The van der Waals surface area contributed by atoms with E-state index in [2.05, 4.69) is 11.9 Å². The molecule has 4 heteroatoms. The van der Waals surface area contributed by atoms with Crippen LogP contribution in [0.15, 0.2) is 11.6 Å². The van der Waals surface area contributed by atoms with Crippen LogP contribution in [0.3, 0.4) is 0 Å². The molecule has 1 rings (SSSR count). The lowest BCUT2D eigenvalue weighted by Gasteiger charge is -2.28. The first kappa shape index (κ1) is 11.0. The highest BCUT2D eigenvalue weighted by molar-refractivity contribution is 6.29. The van der Waals surface area contributed by atoms with E-state index in [1.165, 1.54) is 0 Å². The summed E-state index contributed by atoms with van der Waals surface area (Å²) in [4.78, 5) is 0. The van der Waals surface area contributed by atoms with Gasteiger partial charge in [-0.25, -0.2) is 0 Å². The van der Waals surface area contributed by atoms with Gasteiger partial charge in [-0.15, -0.1) is 0 Å². The fourth-order valence-corrected chi connectivity index (χ4v) is 1.35. The van der Waals surface area contributed by atoms with Crippen LogP contribution < -0.4 is 5.32 Å². The molecule has 76 valence electrons. The van der Waals surface area contributed by atoms with Crippen molar-refractivity contribution < 1.29 is 9.47 Å². The molecule has 1 N–H and O–H groups in total. The first-order valence-corrected chi connectivity index (χ1v) is 4.83. The van der Waals surface area contributed by atoms with Crippen LogP contribution in [-0.2, 0) is 9.47 Å². The molecule has 0 aromatic heterocycles. The molecule has 1 fully saturated rings. The van der Waals surface area contributed by atoms with Gasteiger partial charge in [-0.3, -0.25) is 0 Å². The fourth-order valence-electron chi connectivity index (χ4n) is 1.27. The van der Waals surface area contributed by atoms with Gasteiger partial charge in [0, 0.05) is 18.1 Å². The summed E-state index contributed by atoms with van der Waals surface area (Å²) in [6, 6.07) is 0. The lowest BCUT2D eigenvalue weighted by Crippen LogP contribution is -2.45. The quantitative estimate of drug-likeness (QED) is 0.747. The Labute approximate surface area is 84.0 Å². The van der Waals surface area contributed by atoms with Crippen LogP contribution in [0.25, 0.3) is 0 Å². The Morgan fingerprint density at radius 3 is 3.08 bits per heavy atom. The largest absolute Gasteiger partial charge is 0.373 e. The summed E-state index contributed by atoms with van der Waals surface area (Å²) in [5.74, 6) is 0. The Bertz CT molecular complexity index is 175. The molecule has 0 spiro atoms. The summed E-state index contributed by atoms with van der Waals surface area (Å²) in [6.45, 7) is 8.31. The lowest BCUT2D eigenvalue weighted by molar-refractivity contribution is -0.0651. The fraction of sp³-hybridized carbons (Fsp3) is 0.778. The molecule has 0 aliphatic carbocycles. The van der Waals surface area contributed by atoms with Crippen molar-refractivity contribution in [2.24, 2.45) is 0 Å². The van der Waals surface area contributed by atoms with Crippen LogP contribution in [0.2, 0.25) is 0 Å². The van der Waals surface area contributed by atoms with Crippen LogP contribution in [0, 0.1) is 0 Å². The maximum atomic E-state index is 5.61. The second-order valence-electron chi connectivity index (χ2n) is 3.26. The van der Waals surface area contributed by atoms with Gasteiger partial charge in [-0.1, -0.05) is 18.2 Å². The van der Waals surface area contributed by atoms with Gasteiger partial charge in [-0.2, -0.15) is 0 Å². The predicted octanol–water partition coefficient (Wildman–Crippen LogP) is 1.13. The SMILES string of the molecule is C=C(Cl)COCC1CNCC(C)O1. The van der Waals surface area contributed by atoms with Gasteiger partial charge in [0.1, 0.15) is 0 Å². The van der Waals surface area contributed by atoms with Crippen LogP contribution in [0.1, 0.15) is 6.92 Å². The molecule has 2 unspecified atom stereocenters. The Balaban J connectivity index is 2.10. The number of rotatable bonds is 4. The molecule has 2 atom stereocenters. The molecular formula is C9H16ClNO2. The zero-order chi connectivity index (χ0) is 9.68. The minimum absolute atomic E-state index is 0.139. The molecule has 0 aromatic rings. The molecule has 0 radical (unpaired) electrons. The molecule has 13 heavy (non-hydrogen) atoms. The van der Waals surface area contributed by atoms with Crippen LogP contribution in [-0.4, -0.2) is 38.5 Å². The van der Waals surface area contributed by atoms with Crippen molar-refractivity contribution in [3.8, 4) is 0 Å². The highest BCUT2D eigenvalue weighted by Gasteiger charge is 2.18. The second kappa shape index (κ2) is 5.60. The third-order valence-electron chi connectivity index (χ3n) is 1.79. The number of hydrogen-bond acceptors (Lipinski definition) is 3. The normalized spacial score (nSPS) is 28.8. The summed E-state index contributed by atoms with van der Waals surface area (Å²) in [6.07, 6.45) is 0.404. The minimum atomic E-state index is 0.139. The van der Waals surface area contributed by atoms with Crippen LogP contribution in [0.4, 0.5) is 0 Å². The lowest BCUT2D eigenvalue weighted by atomic mass is 10.2. The Hall–Kier alpha value is -0.0900. The van der Waals surface area contributed by atoms with E-state index >= 15 is 0 Å². The smallest absolute Gasteiger partial charge is 0.0936 e. The van der Waals surface area contributed by atoms with Gasteiger partial charge < -0.3 is 14.8 Å². The van der Waals surface area contributed by atoms with Gasteiger partial charge >= 0.3 is 0 Å². The van der Waals surface area contributed by atoms with Crippen molar-refractivity contribution in [1.29, 1.82) is 0 Å². The third kappa shape index (κ3) is 4.62. The highest BCUT2D eigenvalue weighted by Crippen LogP contribution is 2.04. The molecule has 1 heterocycles. The highest BCUT2D eigenvalue weighted by atomic mass is 35.5. The number of halogens is 1. The van der Waals surface area contributed by atoms with Crippen LogP contribution in [0.5, 0.6) is 0 Å². The number of nitrogens with one attached hydrogen (secondary N) is 1. The first-order valence-electron chi connectivity index (χ1n) is 4.45. The van der Waals surface area contributed by atoms with E-state index in [0.29, 0.717) is 18.2 Å². The standard InChI is InChI=1S/C9H16ClNO2/c1-7(10)5-12-6-9-4-11-3-8(2)13-9/h8-9,11H,1,3-6H2,2H3. The van der Waals surface area contributed by atoms with E-state index in [9.17, 15) is 0 Å². The van der Waals surface area contributed by atoms with E-state index in [0.717, 1.165) is 13.1 Å². The van der Waals surface area contributed by atoms with Crippen molar-refractivity contribution in [3.63, 3.8) is 0 Å². The number of ether oxygens (including phenoxy) is 2. The van der Waals surface area contributed by atoms with E-state index in [-0.39, 0.29) is 12.2 Å². The van der Waals surface area contributed by atoms with Crippen molar-refractivity contribution in [2.75, 3.05) is 26.3 Å². The zero-order valence-corrected chi connectivity index (χ0v) is 8.64. The topological polar surface area (TPSA) is 30.5 Å². The van der Waals surface area contributed by atoms with Crippen molar-refractivity contribution in [2.45, 2.75) is 19.1 Å². The van der Waals surface area contributed by atoms with Gasteiger partial charge in [0.15, 0.2) is 0 Å². The summed E-state index contributed by atoms with van der Waals surface area (Å²) >= 11 is 5.55. The maximum Gasteiger partial charge on any atom is 0.0936 e. The average molecular weight is 206 g/mol. The average Bonchev–Trinajstić information content (AvgIpc) is 2.03. The van der Waals surface area contributed by atoms with Crippen LogP contribution >= 0.6 is 11.6 Å². The third-order valence-corrected chi connectivity index (χ3v) is 1.90. The zero-order valence-electron chi connectivity index (χ0n) is 7.88. The molecule has 1 aliphatic heterocycles. The van der Waals surface area contributed by atoms with E-state index in [4.69, 9.17) is 21.1 Å². The summed E-state index contributed by atoms with van der Waals surface area (Å²) in [5, 5.41) is 3.79. The van der Waals surface area contributed by atoms with Crippen molar-refractivity contribution in [3.05, 3.63) is 11.6 Å². The number of morpholine rings is 1. The molecule has 1 aliphatic rings. The summed E-state index contributed by atoms with van der Waals surface area (Å²) in [5.41, 5.74) is 0. The predicted molar refractivity (Wildman–Crippen MR) is 53.0 cm³/mol. The van der Waals surface area contributed by atoms with Gasteiger partial charge in [0.2, 0.25) is 0 Å².